The number of amides is 1. The minimum Gasteiger partial charge on any atom is -0.497 e. The second kappa shape index (κ2) is 7.27. The molecule has 3 heterocycles. The molecule has 4 aromatic rings. The lowest BCUT2D eigenvalue weighted by molar-refractivity contribution is -0.116. The summed E-state index contributed by atoms with van der Waals surface area (Å²) in [4.78, 5) is 17.3. The van der Waals surface area contributed by atoms with Crippen molar-refractivity contribution >= 4 is 56.5 Å². The molecule has 9 heteroatoms. The predicted molar refractivity (Wildman–Crippen MR) is 120 cm³/mol. The van der Waals surface area contributed by atoms with Gasteiger partial charge in [-0.3, -0.25) is 4.79 Å². The number of benzene rings is 2. The van der Waals surface area contributed by atoms with E-state index in [9.17, 15) is 4.79 Å². The number of halogens is 2. The van der Waals surface area contributed by atoms with Gasteiger partial charge in [0.25, 0.3) is 0 Å². The van der Waals surface area contributed by atoms with Crippen LogP contribution in [-0.2, 0) is 4.79 Å². The Morgan fingerprint density at radius 1 is 1.20 bits per heavy atom. The van der Waals surface area contributed by atoms with E-state index in [1.807, 2.05) is 25.1 Å². The third-order valence-electron chi connectivity index (χ3n) is 5.22. The van der Waals surface area contributed by atoms with E-state index in [0.29, 0.717) is 21.0 Å². The lowest BCUT2D eigenvalue weighted by atomic mass is 9.85. The number of carbonyl (C=O) groups is 1. The Balaban J connectivity index is 1.69. The van der Waals surface area contributed by atoms with Crippen LogP contribution in [-0.4, -0.2) is 27.8 Å². The highest BCUT2D eigenvalue weighted by Gasteiger charge is 2.35. The molecule has 6 nitrogen and oxygen atoms in total. The van der Waals surface area contributed by atoms with E-state index in [0.717, 1.165) is 32.8 Å². The summed E-state index contributed by atoms with van der Waals surface area (Å²) in [7, 11) is 1.63. The van der Waals surface area contributed by atoms with Crippen LogP contribution in [0.4, 0.5) is 5.82 Å². The smallest absolute Gasteiger partial charge is 0.226 e. The molecule has 0 bridgehead atoms. The van der Waals surface area contributed by atoms with E-state index in [2.05, 4.69) is 5.32 Å². The number of nitrogens with one attached hydrogen (secondary N) is 1. The molecule has 0 saturated carbocycles. The van der Waals surface area contributed by atoms with Crippen LogP contribution in [0.15, 0.2) is 36.4 Å². The molecule has 1 aliphatic heterocycles. The van der Waals surface area contributed by atoms with Crippen LogP contribution in [0.1, 0.15) is 29.2 Å². The quantitative estimate of drug-likeness (QED) is 0.434. The summed E-state index contributed by atoms with van der Waals surface area (Å²) < 4.78 is 7.97. The van der Waals surface area contributed by atoms with E-state index >= 15 is 0 Å². The molecule has 0 radical (unpaired) electrons. The number of methoxy groups -OCH3 is 1. The molecule has 1 aliphatic rings. The van der Waals surface area contributed by atoms with Crippen molar-refractivity contribution in [1.82, 2.24) is 14.8 Å². The van der Waals surface area contributed by atoms with Gasteiger partial charge in [0.05, 0.1) is 23.0 Å². The Hall–Kier alpha value is -2.61. The molecule has 0 aliphatic carbocycles. The highest BCUT2D eigenvalue weighted by atomic mass is 35.5. The number of rotatable bonds is 3. The molecule has 1 atom stereocenters. The molecule has 0 saturated heterocycles. The van der Waals surface area contributed by atoms with E-state index in [1.54, 1.807) is 30.0 Å². The van der Waals surface area contributed by atoms with Crippen LogP contribution >= 0.6 is 34.5 Å². The van der Waals surface area contributed by atoms with Gasteiger partial charge >= 0.3 is 0 Å². The SMILES string of the molecule is COc1ccc2nc(-n3nc(C)c4c3NC(=O)C[C@H]4c3c(Cl)cccc3Cl)sc2c1. The minimum atomic E-state index is -0.279. The largest absolute Gasteiger partial charge is 0.497 e. The van der Waals surface area contributed by atoms with Crippen LogP contribution in [0.5, 0.6) is 5.75 Å². The number of hydrogen-bond acceptors (Lipinski definition) is 5. The number of nitrogens with zero attached hydrogens (tertiary/aromatic N) is 3. The normalized spacial score (nSPS) is 15.9. The molecule has 1 N–H and O–H groups in total. The first-order valence-corrected chi connectivity index (χ1v) is 10.8. The summed E-state index contributed by atoms with van der Waals surface area (Å²) in [6.07, 6.45) is 0.250. The van der Waals surface area contributed by atoms with Gasteiger partial charge in [-0.1, -0.05) is 40.6 Å². The van der Waals surface area contributed by atoms with E-state index in [-0.39, 0.29) is 18.2 Å². The van der Waals surface area contributed by atoms with Gasteiger partial charge in [-0.05, 0) is 42.8 Å². The van der Waals surface area contributed by atoms with E-state index < -0.39 is 0 Å². The molecule has 2 aromatic heterocycles. The van der Waals surface area contributed by atoms with Gasteiger partial charge in [0.2, 0.25) is 11.0 Å². The Morgan fingerprint density at radius 3 is 2.70 bits per heavy atom. The molecule has 0 fully saturated rings. The number of thiazole rings is 1. The first kappa shape index (κ1) is 19.4. The van der Waals surface area contributed by atoms with Gasteiger partial charge in [0, 0.05) is 27.9 Å². The Labute approximate surface area is 186 Å². The third-order valence-corrected chi connectivity index (χ3v) is 6.87. The first-order chi connectivity index (χ1) is 14.5. The fraction of sp³-hybridized carbons (Fsp3) is 0.190. The number of anilines is 1. The summed E-state index contributed by atoms with van der Waals surface area (Å²) in [5.74, 6) is 0.972. The van der Waals surface area contributed by atoms with Gasteiger partial charge in [-0.25, -0.2) is 4.98 Å². The molecule has 5 rings (SSSR count). The van der Waals surface area contributed by atoms with Crippen LogP contribution in [0.2, 0.25) is 10.0 Å². The van der Waals surface area contributed by atoms with Crippen molar-refractivity contribution in [2.75, 3.05) is 12.4 Å². The Kier molecular flexibility index (Phi) is 4.69. The van der Waals surface area contributed by atoms with E-state index in [4.69, 9.17) is 38.0 Å². The van der Waals surface area contributed by atoms with Crippen LogP contribution in [0, 0.1) is 6.92 Å². The minimum absolute atomic E-state index is 0.118. The van der Waals surface area contributed by atoms with Crippen LogP contribution in [0.25, 0.3) is 15.3 Å². The average molecular weight is 459 g/mol. The zero-order valence-corrected chi connectivity index (χ0v) is 18.4. The number of ether oxygens (including phenoxy) is 1. The van der Waals surface area contributed by atoms with Crippen molar-refractivity contribution in [2.24, 2.45) is 0 Å². The van der Waals surface area contributed by atoms with Gasteiger partial charge < -0.3 is 10.1 Å². The van der Waals surface area contributed by atoms with Crippen molar-refractivity contribution < 1.29 is 9.53 Å². The summed E-state index contributed by atoms with van der Waals surface area (Å²) >= 11 is 14.4. The summed E-state index contributed by atoms with van der Waals surface area (Å²) in [5, 5.41) is 9.40. The fourth-order valence-electron chi connectivity index (χ4n) is 3.89. The number of carbonyl (C=O) groups excluding carboxylic acids is 1. The van der Waals surface area contributed by atoms with Crippen molar-refractivity contribution in [3.05, 3.63) is 63.3 Å². The molecular formula is C21H16Cl2N4O2S. The molecule has 0 spiro atoms. The number of hydrogen-bond donors (Lipinski definition) is 1. The Morgan fingerprint density at radius 2 is 1.97 bits per heavy atom. The maximum atomic E-state index is 12.6. The second-order valence-electron chi connectivity index (χ2n) is 7.03. The maximum absolute atomic E-state index is 12.6. The monoisotopic (exact) mass is 458 g/mol. The summed E-state index contributed by atoms with van der Waals surface area (Å²) in [6.45, 7) is 1.92. The standard InChI is InChI=1S/C21H16Cl2N4O2S/c1-10-18-12(19-13(22)4-3-5-14(19)23)9-17(28)25-20(18)27(26-10)21-24-15-7-6-11(29-2)8-16(15)30-21/h3-8,12H,9H2,1-2H3,(H,25,28)/t12-/m1/s1. The molecule has 0 unspecified atom stereocenters. The zero-order valence-electron chi connectivity index (χ0n) is 16.1. The lowest BCUT2D eigenvalue weighted by Crippen LogP contribution is -2.25. The summed E-state index contributed by atoms with van der Waals surface area (Å²) in [6, 6.07) is 11.1. The average Bonchev–Trinajstić information content (AvgIpc) is 3.27. The zero-order chi connectivity index (χ0) is 21.0. The third kappa shape index (κ3) is 3.05. The van der Waals surface area contributed by atoms with Crippen molar-refractivity contribution in [1.29, 1.82) is 0 Å². The molecule has 2 aromatic carbocycles. The molecule has 152 valence electrons. The second-order valence-corrected chi connectivity index (χ2v) is 8.85. The van der Waals surface area contributed by atoms with Gasteiger partial charge in [-0.15, -0.1) is 0 Å². The number of aromatic nitrogens is 3. The van der Waals surface area contributed by atoms with Crippen LogP contribution < -0.4 is 10.1 Å². The first-order valence-electron chi connectivity index (χ1n) is 9.24. The predicted octanol–water partition coefficient (Wildman–Crippen LogP) is 5.58. The van der Waals surface area contributed by atoms with Gasteiger partial charge in [0.15, 0.2) is 0 Å². The summed E-state index contributed by atoms with van der Waals surface area (Å²) in [5.41, 5.74) is 3.28. The Bertz CT molecular complexity index is 1290. The van der Waals surface area contributed by atoms with Gasteiger partial charge in [0.1, 0.15) is 11.6 Å². The fourth-order valence-corrected chi connectivity index (χ4v) is 5.50. The lowest BCUT2D eigenvalue weighted by Gasteiger charge is -2.25. The molecule has 1 amide bonds. The van der Waals surface area contributed by atoms with Crippen LogP contribution in [0.3, 0.4) is 0 Å². The van der Waals surface area contributed by atoms with Gasteiger partial charge in [-0.2, -0.15) is 9.78 Å². The highest BCUT2D eigenvalue weighted by molar-refractivity contribution is 7.20. The topological polar surface area (TPSA) is 69.0 Å². The van der Waals surface area contributed by atoms with Crippen molar-refractivity contribution in [3.8, 4) is 10.9 Å². The van der Waals surface area contributed by atoms with Crippen molar-refractivity contribution in [2.45, 2.75) is 19.3 Å². The number of fused-ring (bicyclic) bond motifs is 2. The maximum Gasteiger partial charge on any atom is 0.226 e. The van der Waals surface area contributed by atoms with E-state index in [1.165, 1.54) is 11.3 Å². The molecular weight excluding hydrogens is 443 g/mol. The highest BCUT2D eigenvalue weighted by Crippen LogP contribution is 2.45. The number of aryl methyl sites for hydroxylation is 1. The molecule has 30 heavy (non-hydrogen) atoms. The van der Waals surface area contributed by atoms with Crippen molar-refractivity contribution in [3.63, 3.8) is 0 Å².